The molecule has 2 aromatic heterocycles. The van der Waals surface area contributed by atoms with Crippen LogP contribution in [0.15, 0.2) is 24.4 Å². The van der Waals surface area contributed by atoms with E-state index < -0.39 is 0 Å². The van der Waals surface area contributed by atoms with Crippen LogP contribution in [0.4, 0.5) is 0 Å². The van der Waals surface area contributed by atoms with Crippen molar-refractivity contribution < 1.29 is 0 Å². The number of fused-ring (bicyclic) bond motifs is 1. The molecule has 0 unspecified atom stereocenters. The van der Waals surface area contributed by atoms with E-state index in [-0.39, 0.29) is 0 Å². The number of hydrogen-bond acceptors (Lipinski definition) is 3. The van der Waals surface area contributed by atoms with Crippen LogP contribution in [0.5, 0.6) is 0 Å². The van der Waals surface area contributed by atoms with Gasteiger partial charge >= 0.3 is 0 Å². The van der Waals surface area contributed by atoms with Gasteiger partial charge in [0.15, 0.2) is 5.65 Å². The van der Waals surface area contributed by atoms with Crippen LogP contribution in [0.1, 0.15) is 44.6 Å². The van der Waals surface area contributed by atoms with E-state index in [0.29, 0.717) is 0 Å². The summed E-state index contributed by atoms with van der Waals surface area (Å²) in [6, 6.07) is 6.13. The number of aromatic nitrogens is 2. The van der Waals surface area contributed by atoms with E-state index in [2.05, 4.69) is 29.5 Å². The Morgan fingerprint density at radius 1 is 1.25 bits per heavy atom. The minimum absolute atomic E-state index is 0.824. The molecule has 0 aliphatic rings. The van der Waals surface area contributed by atoms with Gasteiger partial charge < -0.3 is 5.43 Å². The maximum atomic E-state index is 5.50. The Balaban J connectivity index is 2.09. The number of nitrogens with zero attached hydrogens (tertiary/aromatic N) is 2. The van der Waals surface area contributed by atoms with E-state index in [4.69, 9.17) is 12.2 Å². The average Bonchev–Trinajstić information content (AvgIpc) is 2.46. The van der Waals surface area contributed by atoms with Crippen molar-refractivity contribution in [1.82, 2.24) is 9.66 Å². The summed E-state index contributed by atoms with van der Waals surface area (Å²) < 4.78 is 2.78. The summed E-state index contributed by atoms with van der Waals surface area (Å²) >= 11 is 5.50. The first-order valence-electron chi connectivity index (χ1n) is 7.45. The molecule has 0 saturated carbocycles. The smallest absolute Gasteiger partial charge is 0.159 e. The Morgan fingerprint density at radius 2 is 2.05 bits per heavy atom. The van der Waals surface area contributed by atoms with Crippen LogP contribution in [0.2, 0.25) is 0 Å². The van der Waals surface area contributed by atoms with E-state index in [9.17, 15) is 0 Å². The largest absolute Gasteiger partial charge is 0.323 e. The van der Waals surface area contributed by atoms with Gasteiger partial charge in [-0.2, -0.15) is 0 Å². The molecule has 0 amide bonds. The highest BCUT2D eigenvalue weighted by molar-refractivity contribution is 7.71. The van der Waals surface area contributed by atoms with Crippen molar-refractivity contribution >= 4 is 23.3 Å². The van der Waals surface area contributed by atoms with Crippen molar-refractivity contribution in [2.45, 2.75) is 46.0 Å². The normalized spacial score (nSPS) is 10.9. The van der Waals surface area contributed by atoms with Crippen LogP contribution < -0.4 is 5.43 Å². The van der Waals surface area contributed by atoms with Crippen LogP contribution in [0.25, 0.3) is 11.0 Å². The van der Waals surface area contributed by atoms with Gasteiger partial charge in [0.2, 0.25) is 0 Å². The molecule has 2 heterocycles. The lowest BCUT2D eigenvalue weighted by Crippen LogP contribution is -2.19. The minimum atomic E-state index is 0.824. The van der Waals surface area contributed by atoms with Gasteiger partial charge in [-0.1, -0.05) is 44.8 Å². The topological polar surface area (TPSA) is 29.9 Å². The summed E-state index contributed by atoms with van der Waals surface area (Å²) in [5.74, 6) is 0. The molecule has 4 heteroatoms. The van der Waals surface area contributed by atoms with Gasteiger partial charge in [0.1, 0.15) is 4.64 Å². The number of aryl methyl sites for hydroxylation is 1. The Labute approximate surface area is 126 Å². The molecule has 0 fully saturated rings. The zero-order valence-corrected chi connectivity index (χ0v) is 13.2. The first kappa shape index (κ1) is 15.0. The molecule has 3 nitrogen and oxygen atoms in total. The average molecular weight is 289 g/mol. The van der Waals surface area contributed by atoms with Crippen LogP contribution in [0, 0.1) is 11.6 Å². The summed E-state index contributed by atoms with van der Waals surface area (Å²) in [7, 11) is 0. The molecule has 0 aliphatic heterocycles. The molecule has 0 saturated heterocycles. The molecule has 1 N–H and O–H groups in total. The molecule has 0 bridgehead atoms. The second-order valence-electron chi connectivity index (χ2n) is 5.21. The van der Waals surface area contributed by atoms with E-state index in [1.165, 1.54) is 32.1 Å². The lowest BCUT2D eigenvalue weighted by atomic mass is 10.1. The monoisotopic (exact) mass is 289 g/mol. The first-order valence-corrected chi connectivity index (χ1v) is 7.86. The maximum absolute atomic E-state index is 5.50. The minimum Gasteiger partial charge on any atom is -0.323 e. The molecular formula is C16H23N3S. The third kappa shape index (κ3) is 3.57. The van der Waals surface area contributed by atoms with E-state index in [1.807, 2.05) is 23.9 Å². The maximum Gasteiger partial charge on any atom is 0.159 e. The second kappa shape index (κ2) is 7.39. The van der Waals surface area contributed by atoms with Gasteiger partial charge in [0.05, 0.1) is 0 Å². The Bertz CT molecular complexity index is 619. The lowest BCUT2D eigenvalue weighted by Gasteiger charge is -2.14. The Kier molecular flexibility index (Phi) is 5.53. The zero-order chi connectivity index (χ0) is 14.4. The molecular weight excluding hydrogens is 266 g/mol. The van der Waals surface area contributed by atoms with Crippen molar-refractivity contribution in [3.63, 3.8) is 0 Å². The predicted octanol–water partition coefficient (Wildman–Crippen LogP) is 4.59. The molecule has 0 aromatic carbocycles. The van der Waals surface area contributed by atoms with Crippen LogP contribution in [-0.4, -0.2) is 16.2 Å². The molecule has 0 atom stereocenters. The quantitative estimate of drug-likeness (QED) is 0.597. The van der Waals surface area contributed by atoms with E-state index in [0.717, 1.165) is 27.8 Å². The summed E-state index contributed by atoms with van der Waals surface area (Å²) in [4.78, 5) is 4.45. The fourth-order valence-corrected chi connectivity index (χ4v) is 2.55. The zero-order valence-electron chi connectivity index (χ0n) is 12.4. The number of hydrogen-bond donors (Lipinski definition) is 1. The van der Waals surface area contributed by atoms with Gasteiger partial charge in [-0.25, -0.2) is 9.66 Å². The summed E-state index contributed by atoms with van der Waals surface area (Å²) in [6.45, 7) is 5.23. The summed E-state index contributed by atoms with van der Waals surface area (Å²) in [5, 5.41) is 1.12. The van der Waals surface area contributed by atoms with Crippen molar-refractivity contribution in [3.05, 3.63) is 34.6 Å². The Hall–Kier alpha value is -1.42. The van der Waals surface area contributed by atoms with Gasteiger partial charge in [-0.3, -0.25) is 0 Å². The standard InChI is InChI=1S/C16H23N3S/c1-3-4-5-6-7-11-18-19-15-14(9-8-10-17-15)12-13(2)16(19)20/h8-10,12,18H,3-7,11H2,1-2H3. The first-order chi connectivity index (χ1) is 9.74. The van der Waals surface area contributed by atoms with Gasteiger partial charge in [0.25, 0.3) is 0 Å². The summed E-state index contributed by atoms with van der Waals surface area (Å²) in [5.41, 5.74) is 5.45. The van der Waals surface area contributed by atoms with Crippen molar-refractivity contribution in [2.24, 2.45) is 0 Å². The third-order valence-electron chi connectivity index (χ3n) is 3.49. The number of unbranched alkanes of at least 4 members (excludes halogenated alkanes) is 4. The lowest BCUT2D eigenvalue weighted by molar-refractivity contribution is 0.631. The van der Waals surface area contributed by atoms with E-state index >= 15 is 0 Å². The van der Waals surface area contributed by atoms with Crippen LogP contribution >= 0.6 is 12.2 Å². The van der Waals surface area contributed by atoms with Gasteiger partial charge in [-0.05, 0) is 37.1 Å². The molecule has 0 radical (unpaired) electrons. The van der Waals surface area contributed by atoms with Gasteiger partial charge in [0, 0.05) is 18.1 Å². The molecule has 2 aromatic rings. The van der Waals surface area contributed by atoms with Crippen LogP contribution in [-0.2, 0) is 0 Å². The van der Waals surface area contributed by atoms with Gasteiger partial charge in [-0.15, -0.1) is 0 Å². The second-order valence-corrected chi connectivity index (χ2v) is 5.59. The van der Waals surface area contributed by atoms with Crippen molar-refractivity contribution in [1.29, 1.82) is 0 Å². The van der Waals surface area contributed by atoms with Crippen molar-refractivity contribution in [3.8, 4) is 0 Å². The SMILES string of the molecule is CCCCCCCNn1c(=S)c(C)cc2cccnc21. The molecule has 0 spiro atoms. The third-order valence-corrected chi connectivity index (χ3v) is 4.00. The molecule has 0 aliphatic carbocycles. The highest BCUT2D eigenvalue weighted by atomic mass is 32.1. The highest BCUT2D eigenvalue weighted by Gasteiger charge is 2.04. The number of pyridine rings is 2. The number of nitrogens with one attached hydrogen (secondary N) is 1. The molecule has 20 heavy (non-hydrogen) atoms. The highest BCUT2D eigenvalue weighted by Crippen LogP contribution is 2.14. The Morgan fingerprint density at radius 3 is 2.85 bits per heavy atom. The fraction of sp³-hybridized carbons (Fsp3) is 0.500. The van der Waals surface area contributed by atoms with Crippen molar-refractivity contribution in [2.75, 3.05) is 12.0 Å². The van der Waals surface area contributed by atoms with Crippen LogP contribution in [0.3, 0.4) is 0 Å². The van der Waals surface area contributed by atoms with E-state index in [1.54, 1.807) is 0 Å². The number of rotatable bonds is 7. The predicted molar refractivity (Wildman–Crippen MR) is 88.3 cm³/mol. The molecule has 2 rings (SSSR count). The summed E-state index contributed by atoms with van der Waals surface area (Å²) in [6.07, 6.45) is 8.18. The molecule has 108 valence electrons. The fourth-order valence-electron chi connectivity index (χ4n) is 2.34.